The van der Waals surface area contributed by atoms with Crippen molar-refractivity contribution in [2.24, 2.45) is 16.9 Å². The van der Waals surface area contributed by atoms with Crippen molar-refractivity contribution in [2.45, 2.75) is 25.6 Å². The second-order valence-corrected chi connectivity index (χ2v) is 6.28. The van der Waals surface area contributed by atoms with Crippen molar-refractivity contribution in [1.29, 1.82) is 0 Å². The molecule has 1 aromatic heterocycles. The molecule has 2 unspecified atom stereocenters. The average Bonchev–Trinajstić information content (AvgIpc) is 3.09. The van der Waals surface area contributed by atoms with Crippen LogP contribution in [0.25, 0.3) is 11.0 Å². The maximum Gasteiger partial charge on any atom is 0.449 e. The molecule has 1 heterocycles. The fraction of sp³-hybridized carbons (Fsp3) is 0.353. The lowest BCUT2D eigenvalue weighted by Crippen LogP contribution is -2.36. The van der Waals surface area contributed by atoms with Gasteiger partial charge in [-0.05, 0) is 30.9 Å². The van der Waals surface area contributed by atoms with Crippen LogP contribution in [0.3, 0.4) is 0 Å². The molecule has 1 amide bonds. The van der Waals surface area contributed by atoms with Gasteiger partial charge in [0.15, 0.2) is 0 Å². The molecule has 8 heteroatoms. The maximum atomic E-state index is 13.2. The number of imidazole rings is 1. The number of para-hydroxylation sites is 2. The monoisotopic (exact) mass is 348 g/mol. The average molecular weight is 348 g/mol. The van der Waals surface area contributed by atoms with Gasteiger partial charge in [0.1, 0.15) is 6.54 Å². The van der Waals surface area contributed by atoms with Crippen molar-refractivity contribution >= 4 is 22.7 Å². The third kappa shape index (κ3) is 2.81. The number of carbonyl (C=O) groups is 1. The van der Waals surface area contributed by atoms with Gasteiger partial charge in [-0.15, -0.1) is 0 Å². The molecule has 1 saturated carbocycles. The number of amides is 1. The van der Waals surface area contributed by atoms with Crippen molar-refractivity contribution in [2.75, 3.05) is 0 Å². The van der Waals surface area contributed by atoms with Gasteiger partial charge >= 0.3 is 6.18 Å². The second-order valence-electron chi connectivity index (χ2n) is 6.28. The highest BCUT2D eigenvalue weighted by Gasteiger charge is 2.39. The van der Waals surface area contributed by atoms with E-state index in [2.05, 4.69) is 27.7 Å². The number of rotatable bonds is 3. The Labute approximate surface area is 141 Å². The molecule has 0 spiro atoms. The van der Waals surface area contributed by atoms with Crippen LogP contribution >= 0.6 is 0 Å². The van der Waals surface area contributed by atoms with E-state index < -0.39 is 24.5 Å². The number of benzene rings is 1. The summed E-state index contributed by atoms with van der Waals surface area (Å²) in [5.41, 5.74) is 3.75. The number of nitrogens with one attached hydrogen (secondary N) is 1. The first-order valence-electron chi connectivity index (χ1n) is 7.98. The number of hydrogen-bond acceptors (Lipinski definition) is 3. The lowest BCUT2D eigenvalue weighted by atomic mass is 9.74. The van der Waals surface area contributed by atoms with E-state index in [0.29, 0.717) is 11.8 Å². The van der Waals surface area contributed by atoms with Gasteiger partial charge in [0.05, 0.1) is 11.0 Å². The Kier molecular flexibility index (Phi) is 3.63. The van der Waals surface area contributed by atoms with E-state index in [4.69, 9.17) is 0 Å². The molecular formula is C17H15F3N4O. The Hall–Kier alpha value is -2.64. The highest BCUT2D eigenvalue weighted by Crippen LogP contribution is 2.40. The Balaban J connectivity index is 1.54. The van der Waals surface area contributed by atoms with E-state index in [9.17, 15) is 18.0 Å². The molecule has 0 radical (unpaired) electrons. The number of aromatic nitrogens is 2. The molecule has 1 aromatic carbocycles. The molecule has 1 N–H and O–H groups in total. The summed E-state index contributed by atoms with van der Waals surface area (Å²) in [5.74, 6) is -0.860. The zero-order valence-electron chi connectivity index (χ0n) is 13.1. The summed E-state index contributed by atoms with van der Waals surface area (Å²) in [7, 11) is 0. The molecule has 0 saturated heterocycles. The van der Waals surface area contributed by atoms with E-state index in [1.807, 2.05) is 0 Å². The molecule has 0 bridgehead atoms. The Bertz CT molecular complexity index is 897. The van der Waals surface area contributed by atoms with Crippen molar-refractivity contribution < 1.29 is 18.0 Å². The lowest BCUT2D eigenvalue weighted by Gasteiger charge is -2.31. The van der Waals surface area contributed by atoms with Gasteiger partial charge < -0.3 is 4.57 Å². The van der Waals surface area contributed by atoms with E-state index in [1.54, 1.807) is 12.1 Å². The summed E-state index contributed by atoms with van der Waals surface area (Å²) >= 11 is 0. The minimum atomic E-state index is -4.64. The third-order valence-electron chi connectivity index (χ3n) is 4.70. The normalized spacial score (nSPS) is 23.7. The van der Waals surface area contributed by atoms with E-state index in [0.717, 1.165) is 23.1 Å². The van der Waals surface area contributed by atoms with Gasteiger partial charge in [0.25, 0.3) is 5.91 Å². The Morgan fingerprint density at radius 3 is 2.92 bits per heavy atom. The summed E-state index contributed by atoms with van der Waals surface area (Å²) in [6.07, 6.45) is 1.29. The van der Waals surface area contributed by atoms with Gasteiger partial charge in [0, 0.05) is 11.6 Å². The standard InChI is InChI=1S/C17H15F3N4O/c18-17(19,20)16-21-12-6-1-2-7-14(12)24(16)9-15(25)23-22-13-8-10-4-3-5-11(10)13/h1-4,6-7,10-11H,5,8-9H2,(H,23,25). The zero-order chi connectivity index (χ0) is 17.6. The minimum Gasteiger partial charge on any atom is -0.311 e. The number of hydrazone groups is 1. The molecule has 2 aliphatic rings. The fourth-order valence-electron chi connectivity index (χ4n) is 3.43. The molecule has 2 atom stereocenters. The fourth-order valence-corrected chi connectivity index (χ4v) is 3.43. The molecule has 130 valence electrons. The van der Waals surface area contributed by atoms with Crippen LogP contribution in [0.1, 0.15) is 18.7 Å². The smallest absolute Gasteiger partial charge is 0.311 e. The first-order valence-corrected chi connectivity index (χ1v) is 7.98. The second kappa shape index (κ2) is 5.72. The number of nitrogens with zero attached hydrogens (tertiary/aromatic N) is 3. The van der Waals surface area contributed by atoms with Gasteiger partial charge in [0.2, 0.25) is 5.82 Å². The summed E-state index contributed by atoms with van der Waals surface area (Å²) in [6.45, 7) is -0.488. The summed E-state index contributed by atoms with van der Waals surface area (Å²) in [4.78, 5) is 15.7. The largest absolute Gasteiger partial charge is 0.449 e. The van der Waals surface area contributed by atoms with Crippen LogP contribution in [0.5, 0.6) is 0 Å². The zero-order valence-corrected chi connectivity index (χ0v) is 13.1. The minimum absolute atomic E-state index is 0.202. The van der Waals surface area contributed by atoms with Crippen molar-refractivity contribution in [3.63, 3.8) is 0 Å². The molecule has 2 aliphatic carbocycles. The first kappa shape index (κ1) is 15.9. The SMILES string of the molecule is O=C(Cn1c(C(F)(F)F)nc2ccccc21)NN=C1CC2C=CCC12. The first-order chi connectivity index (χ1) is 11.9. The van der Waals surface area contributed by atoms with E-state index in [-0.39, 0.29) is 11.0 Å². The maximum absolute atomic E-state index is 13.2. The number of alkyl halides is 3. The number of hydrogen-bond donors (Lipinski definition) is 1. The summed E-state index contributed by atoms with van der Waals surface area (Å²) in [5, 5.41) is 4.09. The van der Waals surface area contributed by atoms with E-state index >= 15 is 0 Å². The predicted octanol–water partition coefficient (Wildman–Crippen LogP) is 3.12. The van der Waals surface area contributed by atoms with E-state index in [1.165, 1.54) is 12.1 Å². The number of fused-ring (bicyclic) bond motifs is 2. The van der Waals surface area contributed by atoms with Crippen LogP contribution in [-0.4, -0.2) is 21.2 Å². The summed E-state index contributed by atoms with van der Waals surface area (Å²) < 4.78 is 40.5. The predicted molar refractivity (Wildman–Crippen MR) is 85.7 cm³/mol. The topological polar surface area (TPSA) is 59.3 Å². The third-order valence-corrected chi connectivity index (χ3v) is 4.70. The van der Waals surface area contributed by atoms with Crippen LogP contribution in [0, 0.1) is 11.8 Å². The van der Waals surface area contributed by atoms with Crippen LogP contribution in [0.4, 0.5) is 13.2 Å². The molecule has 4 rings (SSSR count). The molecule has 25 heavy (non-hydrogen) atoms. The Morgan fingerprint density at radius 1 is 1.36 bits per heavy atom. The van der Waals surface area contributed by atoms with Crippen LogP contribution in [0.15, 0.2) is 41.5 Å². The van der Waals surface area contributed by atoms with Crippen molar-refractivity contribution in [3.8, 4) is 0 Å². The van der Waals surface area contributed by atoms with Gasteiger partial charge in [-0.25, -0.2) is 10.4 Å². The quantitative estimate of drug-likeness (QED) is 0.684. The molecule has 0 aliphatic heterocycles. The molecular weight excluding hydrogens is 333 g/mol. The Morgan fingerprint density at radius 2 is 2.16 bits per heavy atom. The van der Waals surface area contributed by atoms with Gasteiger partial charge in [-0.2, -0.15) is 18.3 Å². The van der Waals surface area contributed by atoms with Gasteiger partial charge in [-0.3, -0.25) is 4.79 Å². The molecule has 5 nitrogen and oxygen atoms in total. The highest BCUT2D eigenvalue weighted by molar-refractivity contribution is 5.95. The van der Waals surface area contributed by atoms with Crippen LogP contribution in [0.2, 0.25) is 0 Å². The van der Waals surface area contributed by atoms with Gasteiger partial charge in [-0.1, -0.05) is 24.3 Å². The number of halogens is 3. The number of carbonyl (C=O) groups excluding carboxylic acids is 1. The van der Waals surface area contributed by atoms with Crippen LogP contribution in [-0.2, 0) is 17.5 Å². The lowest BCUT2D eigenvalue weighted by molar-refractivity contribution is -0.147. The molecule has 2 aromatic rings. The number of allylic oxidation sites excluding steroid dienone is 2. The summed E-state index contributed by atoms with van der Waals surface area (Å²) in [6, 6.07) is 6.22. The van der Waals surface area contributed by atoms with Crippen LogP contribution < -0.4 is 5.43 Å². The molecule has 1 fully saturated rings. The van der Waals surface area contributed by atoms with Crippen molar-refractivity contribution in [3.05, 3.63) is 42.2 Å². The van der Waals surface area contributed by atoms with Crippen molar-refractivity contribution in [1.82, 2.24) is 15.0 Å². The highest BCUT2D eigenvalue weighted by atomic mass is 19.4.